The molecule has 20 nitrogen and oxygen atoms in total. The van der Waals surface area contributed by atoms with Crippen molar-refractivity contribution in [3.8, 4) is 11.5 Å². The van der Waals surface area contributed by atoms with Crippen LogP contribution >= 0.6 is 11.8 Å². The Bertz CT molecular complexity index is 2450. The maximum atomic E-state index is 13.9. The molecule has 78 heavy (non-hydrogen) atoms. The lowest BCUT2D eigenvalue weighted by atomic mass is 9.56. The first-order chi connectivity index (χ1) is 37.2. The van der Waals surface area contributed by atoms with Gasteiger partial charge >= 0.3 is 23.9 Å². The average Bonchev–Trinajstić information content (AvgIpc) is 3.99. The van der Waals surface area contributed by atoms with E-state index in [-0.39, 0.29) is 67.4 Å². The van der Waals surface area contributed by atoms with Gasteiger partial charge in [-0.25, -0.2) is 14.8 Å². The number of hydrogen-bond acceptors (Lipinski definition) is 17. The predicted octanol–water partition coefficient (Wildman–Crippen LogP) is 5.31. The summed E-state index contributed by atoms with van der Waals surface area (Å²) in [7, 11) is 7.06. The van der Waals surface area contributed by atoms with Gasteiger partial charge in [-0.2, -0.15) is 0 Å². The number of carboxylic acids is 3. The number of aliphatic imine (C=N–C) groups is 2. The third-order valence-corrected chi connectivity index (χ3v) is 16.8. The van der Waals surface area contributed by atoms with Crippen LogP contribution in [0.15, 0.2) is 63.1 Å². The number of aliphatic carboxylic acids is 3. The first-order valence-electron chi connectivity index (χ1n) is 27.5. The molecule has 1 amide bonds. The van der Waals surface area contributed by atoms with Crippen LogP contribution < -0.4 is 15.2 Å². The highest BCUT2D eigenvalue weighted by Crippen LogP contribution is 2.54. The zero-order valence-corrected chi connectivity index (χ0v) is 48.0. The number of carbonyl (C=O) groups excluding carboxylic acids is 2. The van der Waals surface area contributed by atoms with Crippen LogP contribution in [0.3, 0.4) is 0 Å². The van der Waals surface area contributed by atoms with Crippen LogP contribution in [0.4, 0.5) is 5.69 Å². The van der Waals surface area contributed by atoms with Gasteiger partial charge in [-0.15, -0.1) is 11.8 Å². The number of benzene rings is 2. The van der Waals surface area contributed by atoms with Gasteiger partial charge in [0.25, 0.3) is 0 Å². The summed E-state index contributed by atoms with van der Waals surface area (Å²) in [5, 5.41) is 28.6. The number of esters is 1. The maximum Gasteiger partial charge on any atom is 0.341 e. The van der Waals surface area contributed by atoms with Crippen molar-refractivity contribution in [2.75, 3.05) is 132 Å². The Morgan fingerprint density at radius 2 is 1.36 bits per heavy atom. The molecule has 0 radical (unpaired) electrons. The van der Waals surface area contributed by atoms with Crippen molar-refractivity contribution >= 4 is 58.8 Å². The fraction of sp³-hybridized carbons (Fsp3) is 0.632. The summed E-state index contributed by atoms with van der Waals surface area (Å²) in [5.41, 5.74) is 9.02. The van der Waals surface area contributed by atoms with E-state index in [1.54, 1.807) is 58.7 Å². The topological polar surface area (TPSA) is 244 Å². The molecule has 6 rings (SSSR count). The summed E-state index contributed by atoms with van der Waals surface area (Å²) < 4.78 is 17.7. The number of ether oxygens (including phenoxy) is 3. The highest BCUT2D eigenvalue weighted by Gasteiger charge is 2.60. The molecule has 430 valence electrons. The fourth-order valence-electron chi connectivity index (χ4n) is 11.7. The molecule has 1 spiro atoms. The number of fused-ring (bicyclic) bond motifs is 3. The summed E-state index contributed by atoms with van der Waals surface area (Å²) >= 11 is 1.78. The number of methoxy groups -OCH3 is 2. The Kier molecular flexibility index (Phi) is 23.0. The number of rotatable bonds is 24. The SMILES string of the molecule is COc1cccc(OC)c1C(C=C(N)C1=NC2(C(=O)O1)C(C)CC1CC(C)CC2C1)=Nc1ccc(SCCCN(C)CCCN(C)C(=O)CN2CCN(CC(=O)O)CCN(CC(=O)O)CCN(CC(=O)O)CC2)cc1C(C)C. The number of carbonyl (C=O) groups is 5. The number of amides is 1. The van der Waals surface area contributed by atoms with E-state index in [9.17, 15) is 39.3 Å². The van der Waals surface area contributed by atoms with Crippen molar-refractivity contribution in [2.45, 2.75) is 82.6 Å². The third-order valence-electron chi connectivity index (χ3n) is 15.8. The number of carboxylic acid groups (broad SMARTS) is 3. The minimum Gasteiger partial charge on any atom is -0.496 e. The van der Waals surface area contributed by atoms with Crippen molar-refractivity contribution < 1.29 is 53.5 Å². The number of allylic oxidation sites excluding steroid dienone is 1. The first-order valence-corrected chi connectivity index (χ1v) is 28.5. The third kappa shape index (κ3) is 17.0. The lowest BCUT2D eigenvalue weighted by Crippen LogP contribution is -2.54. The van der Waals surface area contributed by atoms with Crippen LogP contribution in [0.1, 0.15) is 83.3 Å². The highest BCUT2D eigenvalue weighted by atomic mass is 32.2. The molecule has 21 heteroatoms. The number of thioether (sulfide) groups is 1. The zero-order valence-electron chi connectivity index (χ0n) is 47.2. The van der Waals surface area contributed by atoms with Gasteiger partial charge in [0.1, 0.15) is 11.5 Å². The zero-order chi connectivity index (χ0) is 56.7. The molecule has 2 bridgehead atoms. The molecule has 2 aromatic carbocycles. The molecule has 2 aromatic rings. The van der Waals surface area contributed by atoms with Crippen LogP contribution in [-0.4, -0.2) is 224 Å². The van der Waals surface area contributed by atoms with Gasteiger partial charge in [0.05, 0.1) is 63.1 Å². The van der Waals surface area contributed by atoms with Gasteiger partial charge in [-0.05, 0) is 136 Å². The minimum atomic E-state index is -1.01. The fourth-order valence-corrected chi connectivity index (χ4v) is 12.6. The Morgan fingerprint density at radius 1 is 0.808 bits per heavy atom. The number of nitrogens with two attached hydrogens (primary N) is 1. The quantitative estimate of drug-likeness (QED) is 0.0450. The average molecular weight is 1100 g/mol. The smallest absolute Gasteiger partial charge is 0.341 e. The van der Waals surface area contributed by atoms with E-state index in [1.807, 2.05) is 29.2 Å². The number of hydrogen-bond donors (Lipinski definition) is 4. The second kappa shape index (κ2) is 29.0. The molecule has 0 aromatic heterocycles. The van der Waals surface area contributed by atoms with E-state index in [1.165, 1.54) is 6.42 Å². The van der Waals surface area contributed by atoms with Crippen LogP contribution in [0, 0.1) is 23.7 Å². The molecule has 3 fully saturated rings. The van der Waals surface area contributed by atoms with Crippen molar-refractivity contribution in [1.29, 1.82) is 0 Å². The molecule has 2 aliphatic heterocycles. The van der Waals surface area contributed by atoms with E-state index in [0.717, 1.165) is 67.1 Å². The van der Waals surface area contributed by atoms with Gasteiger partial charge in [-0.3, -0.25) is 38.8 Å². The number of likely N-dealkylation sites (N-methyl/N-ethyl adjacent to an activating group) is 1. The molecule has 2 saturated carbocycles. The standard InChI is InChI=1S/C57H85N9O11S/c1-38(2)44-32-43(14-15-46(44)59-47(54-48(75-7)12-9-13-49(54)76-8)33-45(58)55-60-57(56(74)77-55)40(4)30-41-28-39(3)29-42(57)31-41)78-27-11-17-61(5)16-10-18-62(6)50(67)34-63-19-21-64(35-51(68)69)23-25-66(37-53(72)73)26-24-65(22-20-63)36-52(70)71/h9,12-15,32-33,38-42H,10-11,16-31,34-37,58H2,1-8H3,(H,68,69)(H,70,71)(H,72,73). The van der Waals surface area contributed by atoms with E-state index >= 15 is 0 Å². The monoisotopic (exact) mass is 1100 g/mol. The molecule has 4 aliphatic rings. The van der Waals surface area contributed by atoms with Crippen molar-refractivity contribution in [2.24, 2.45) is 39.4 Å². The van der Waals surface area contributed by atoms with E-state index in [4.69, 9.17) is 29.9 Å². The Balaban J connectivity index is 1.06. The van der Waals surface area contributed by atoms with Crippen LogP contribution in [0.25, 0.3) is 0 Å². The largest absolute Gasteiger partial charge is 0.496 e. The Morgan fingerprint density at radius 3 is 1.90 bits per heavy atom. The van der Waals surface area contributed by atoms with Gasteiger partial charge in [0.15, 0.2) is 5.54 Å². The van der Waals surface area contributed by atoms with Gasteiger partial charge in [-0.1, -0.05) is 33.8 Å². The van der Waals surface area contributed by atoms with Crippen molar-refractivity contribution in [3.63, 3.8) is 0 Å². The minimum absolute atomic E-state index is 0.0360. The van der Waals surface area contributed by atoms with Crippen molar-refractivity contribution in [3.05, 3.63) is 59.3 Å². The van der Waals surface area contributed by atoms with Crippen LogP contribution in [0.2, 0.25) is 0 Å². The molecule has 5 unspecified atom stereocenters. The number of cyclic esters (lactones) is 1. The molecule has 1 saturated heterocycles. The number of nitrogens with zero attached hydrogens (tertiary/aromatic N) is 8. The second-order valence-electron chi connectivity index (χ2n) is 22.1. The Labute approximate surface area is 465 Å². The molecular formula is C57H85N9O11S. The summed E-state index contributed by atoms with van der Waals surface area (Å²) in [6.07, 6.45) is 7.44. The van der Waals surface area contributed by atoms with Crippen LogP contribution in [-0.2, 0) is 28.7 Å². The lowest BCUT2D eigenvalue weighted by Gasteiger charge is -2.48. The molecule has 5 N–H and O–H groups in total. The maximum absolute atomic E-state index is 13.9. The lowest BCUT2D eigenvalue weighted by molar-refractivity contribution is -0.147. The first kappa shape index (κ1) is 61.6. The van der Waals surface area contributed by atoms with Gasteiger partial charge in [0.2, 0.25) is 11.8 Å². The molecule has 2 heterocycles. The molecular weight excluding hydrogens is 1020 g/mol. The van der Waals surface area contributed by atoms with E-state index in [2.05, 4.69) is 51.8 Å². The van der Waals surface area contributed by atoms with E-state index in [0.29, 0.717) is 93.5 Å². The predicted molar refractivity (Wildman–Crippen MR) is 302 cm³/mol. The molecule has 5 atom stereocenters. The Hall–Kier alpha value is -5.58. The second-order valence-corrected chi connectivity index (χ2v) is 23.3. The summed E-state index contributed by atoms with van der Waals surface area (Å²) in [6.45, 7) is 13.0. The summed E-state index contributed by atoms with van der Waals surface area (Å²) in [6, 6.07) is 11.9. The van der Waals surface area contributed by atoms with Gasteiger partial charge in [0, 0.05) is 70.8 Å². The van der Waals surface area contributed by atoms with Gasteiger partial charge < -0.3 is 45.1 Å². The normalized spacial score (nSPS) is 23.4. The van der Waals surface area contributed by atoms with E-state index < -0.39 is 23.4 Å². The van der Waals surface area contributed by atoms with Crippen LogP contribution in [0.5, 0.6) is 11.5 Å². The molecule has 2 aliphatic carbocycles. The summed E-state index contributed by atoms with van der Waals surface area (Å²) in [5.74, 6) is 0.0682. The van der Waals surface area contributed by atoms with Crippen molar-refractivity contribution in [1.82, 2.24) is 29.4 Å². The highest BCUT2D eigenvalue weighted by molar-refractivity contribution is 7.99. The summed E-state index contributed by atoms with van der Waals surface area (Å²) in [4.78, 5) is 85.0.